The topological polar surface area (TPSA) is 24.9 Å². The number of nitrogens with one attached hydrogen (secondary N) is 1. The highest BCUT2D eigenvalue weighted by molar-refractivity contribution is 6.30. The van der Waals surface area contributed by atoms with E-state index >= 15 is 0 Å². The number of nitrogens with zero attached hydrogens (tertiary/aromatic N) is 1. The number of aryl methyl sites for hydroxylation is 2. The number of hydrogen-bond donors (Lipinski definition) is 1. The number of halogens is 2. The van der Waals surface area contributed by atoms with E-state index in [1.165, 1.54) is 6.07 Å². The maximum absolute atomic E-state index is 13.2. The fraction of sp³-hybridized carbons (Fsp3) is 0.312. The van der Waals surface area contributed by atoms with E-state index in [0.29, 0.717) is 6.42 Å². The largest absolute Gasteiger partial charge is 0.311 e. The Balaban J connectivity index is 2.26. The second kappa shape index (κ2) is 6.33. The Morgan fingerprint density at radius 3 is 2.65 bits per heavy atom. The first-order valence-corrected chi connectivity index (χ1v) is 6.93. The molecule has 0 aliphatic rings. The summed E-state index contributed by atoms with van der Waals surface area (Å²) in [5, 5.41) is 3.42. The molecule has 0 aliphatic carbocycles. The van der Waals surface area contributed by atoms with Gasteiger partial charge in [0, 0.05) is 6.20 Å². The Hall–Kier alpha value is -1.45. The lowest BCUT2D eigenvalue weighted by Gasteiger charge is -2.18. The van der Waals surface area contributed by atoms with Crippen LogP contribution in [-0.4, -0.2) is 12.0 Å². The fourth-order valence-electron chi connectivity index (χ4n) is 2.33. The lowest BCUT2D eigenvalue weighted by Crippen LogP contribution is -2.21. The predicted octanol–water partition coefficient (Wildman–Crippen LogP) is 3.99. The molecule has 4 heteroatoms. The van der Waals surface area contributed by atoms with Gasteiger partial charge in [0.2, 0.25) is 0 Å². The molecular weight excluding hydrogens is 275 g/mol. The molecule has 0 radical (unpaired) electrons. The summed E-state index contributed by atoms with van der Waals surface area (Å²) in [6.07, 6.45) is 2.58. The molecule has 20 heavy (non-hydrogen) atoms. The highest BCUT2D eigenvalue weighted by Crippen LogP contribution is 2.23. The molecule has 1 aromatic heterocycles. The Kier molecular flexibility index (Phi) is 4.73. The highest BCUT2D eigenvalue weighted by atomic mass is 35.5. The second-order valence-corrected chi connectivity index (χ2v) is 5.42. The maximum Gasteiger partial charge on any atom is 0.141 e. The van der Waals surface area contributed by atoms with Gasteiger partial charge in [-0.15, -0.1) is 0 Å². The van der Waals surface area contributed by atoms with E-state index in [1.807, 2.05) is 20.2 Å². The van der Waals surface area contributed by atoms with Crippen molar-refractivity contribution in [2.75, 3.05) is 7.05 Å². The zero-order valence-corrected chi connectivity index (χ0v) is 12.6. The molecule has 0 aliphatic heterocycles. The van der Waals surface area contributed by atoms with E-state index in [4.69, 9.17) is 11.6 Å². The third-order valence-corrected chi connectivity index (χ3v) is 3.65. The van der Waals surface area contributed by atoms with E-state index in [2.05, 4.69) is 23.3 Å². The normalized spacial score (nSPS) is 12.4. The molecule has 106 valence electrons. The van der Waals surface area contributed by atoms with Crippen LogP contribution in [0.25, 0.3) is 0 Å². The van der Waals surface area contributed by atoms with Crippen molar-refractivity contribution in [2.45, 2.75) is 26.3 Å². The molecule has 2 aromatic rings. The van der Waals surface area contributed by atoms with Crippen LogP contribution in [0.2, 0.25) is 5.02 Å². The van der Waals surface area contributed by atoms with E-state index < -0.39 is 0 Å². The van der Waals surface area contributed by atoms with Crippen LogP contribution >= 0.6 is 11.6 Å². The van der Waals surface area contributed by atoms with Crippen LogP contribution in [0, 0.1) is 19.7 Å². The number of pyridine rings is 1. The third-order valence-electron chi connectivity index (χ3n) is 3.36. The first kappa shape index (κ1) is 14.9. The van der Waals surface area contributed by atoms with Gasteiger partial charge >= 0.3 is 0 Å². The molecule has 0 amide bonds. The van der Waals surface area contributed by atoms with Crippen LogP contribution in [0.4, 0.5) is 4.39 Å². The van der Waals surface area contributed by atoms with Gasteiger partial charge in [-0.25, -0.2) is 4.39 Å². The minimum atomic E-state index is -0.388. The molecule has 1 N–H and O–H groups in total. The van der Waals surface area contributed by atoms with Gasteiger partial charge in [-0.2, -0.15) is 0 Å². The third kappa shape index (κ3) is 3.35. The molecular formula is C16H18ClFN2. The van der Waals surface area contributed by atoms with Gasteiger partial charge in [0.05, 0.1) is 16.8 Å². The Morgan fingerprint density at radius 2 is 2.05 bits per heavy atom. The number of rotatable bonds is 4. The molecule has 2 nitrogen and oxygen atoms in total. The zero-order valence-electron chi connectivity index (χ0n) is 11.9. The van der Waals surface area contributed by atoms with Gasteiger partial charge in [-0.1, -0.05) is 23.7 Å². The lowest BCUT2D eigenvalue weighted by atomic mass is 9.99. The van der Waals surface area contributed by atoms with Crippen LogP contribution < -0.4 is 5.32 Å². The quantitative estimate of drug-likeness (QED) is 0.921. The predicted molar refractivity (Wildman–Crippen MR) is 80.6 cm³/mol. The number of benzene rings is 1. The number of aromatic nitrogens is 1. The second-order valence-electron chi connectivity index (χ2n) is 5.01. The Bertz CT molecular complexity index is 613. The van der Waals surface area contributed by atoms with Crippen molar-refractivity contribution in [1.82, 2.24) is 10.3 Å². The van der Waals surface area contributed by atoms with Gasteiger partial charge in [-0.3, -0.25) is 4.98 Å². The Labute approximate surface area is 124 Å². The van der Waals surface area contributed by atoms with Gasteiger partial charge in [0.1, 0.15) is 5.82 Å². The number of hydrogen-bond acceptors (Lipinski definition) is 2. The van der Waals surface area contributed by atoms with E-state index in [-0.39, 0.29) is 16.9 Å². The molecule has 1 heterocycles. The van der Waals surface area contributed by atoms with Crippen molar-refractivity contribution in [3.8, 4) is 0 Å². The molecule has 1 unspecified atom stereocenters. The van der Waals surface area contributed by atoms with Crippen molar-refractivity contribution < 1.29 is 4.39 Å². The van der Waals surface area contributed by atoms with E-state index in [0.717, 1.165) is 22.4 Å². The minimum absolute atomic E-state index is 0.0807. The summed E-state index contributed by atoms with van der Waals surface area (Å²) in [6, 6.07) is 7.03. The first-order chi connectivity index (χ1) is 9.51. The molecule has 0 bridgehead atoms. The van der Waals surface area contributed by atoms with Crippen LogP contribution in [0.3, 0.4) is 0 Å². The standard InChI is InChI=1S/C16H18ClFN2/c1-10-6-11(2)16(20-9-10)15(19-3)8-12-4-5-14(18)13(17)7-12/h4-7,9,15,19H,8H2,1-3H3. The van der Waals surface area contributed by atoms with Crippen LogP contribution in [0.15, 0.2) is 30.5 Å². The summed E-state index contributed by atoms with van der Waals surface area (Å²) < 4.78 is 13.2. The van der Waals surface area contributed by atoms with Crippen molar-refractivity contribution in [1.29, 1.82) is 0 Å². The summed E-state index contributed by atoms with van der Waals surface area (Å²) in [7, 11) is 1.90. The van der Waals surface area contributed by atoms with Gasteiger partial charge in [-0.05, 0) is 56.1 Å². The minimum Gasteiger partial charge on any atom is -0.311 e. The van der Waals surface area contributed by atoms with Crippen molar-refractivity contribution >= 4 is 11.6 Å². The van der Waals surface area contributed by atoms with E-state index in [1.54, 1.807) is 12.1 Å². The smallest absolute Gasteiger partial charge is 0.141 e. The van der Waals surface area contributed by atoms with Crippen molar-refractivity contribution in [3.63, 3.8) is 0 Å². The number of likely N-dealkylation sites (N-methyl/N-ethyl adjacent to an activating group) is 1. The Morgan fingerprint density at radius 1 is 1.30 bits per heavy atom. The first-order valence-electron chi connectivity index (χ1n) is 6.55. The van der Waals surface area contributed by atoms with Gasteiger partial charge in [0.25, 0.3) is 0 Å². The average Bonchev–Trinajstić information content (AvgIpc) is 2.41. The molecule has 0 saturated carbocycles. The lowest BCUT2D eigenvalue weighted by molar-refractivity contribution is 0.570. The SMILES string of the molecule is CNC(Cc1ccc(F)c(Cl)c1)c1ncc(C)cc1C. The van der Waals surface area contributed by atoms with Crippen molar-refractivity contribution in [3.05, 3.63) is 63.7 Å². The summed E-state index contributed by atoms with van der Waals surface area (Å²) >= 11 is 5.83. The molecule has 1 atom stereocenters. The van der Waals surface area contributed by atoms with Crippen LogP contribution in [0.5, 0.6) is 0 Å². The maximum atomic E-state index is 13.2. The molecule has 0 spiro atoms. The highest BCUT2D eigenvalue weighted by Gasteiger charge is 2.15. The summed E-state index contributed by atoms with van der Waals surface area (Å²) in [5.74, 6) is -0.388. The zero-order chi connectivity index (χ0) is 14.7. The van der Waals surface area contributed by atoms with Gasteiger partial charge in [0.15, 0.2) is 0 Å². The van der Waals surface area contributed by atoms with Crippen molar-refractivity contribution in [2.24, 2.45) is 0 Å². The average molecular weight is 293 g/mol. The molecule has 0 saturated heterocycles. The molecule has 2 rings (SSSR count). The summed E-state index contributed by atoms with van der Waals surface area (Å²) in [6.45, 7) is 4.08. The van der Waals surface area contributed by atoms with Crippen LogP contribution in [-0.2, 0) is 6.42 Å². The summed E-state index contributed by atoms with van der Waals surface area (Å²) in [4.78, 5) is 4.52. The van der Waals surface area contributed by atoms with E-state index in [9.17, 15) is 4.39 Å². The summed E-state index contributed by atoms with van der Waals surface area (Å²) in [5.41, 5.74) is 4.29. The fourth-order valence-corrected chi connectivity index (χ4v) is 2.53. The van der Waals surface area contributed by atoms with Gasteiger partial charge < -0.3 is 5.32 Å². The molecule has 0 fully saturated rings. The monoisotopic (exact) mass is 292 g/mol. The van der Waals surface area contributed by atoms with Crippen LogP contribution in [0.1, 0.15) is 28.4 Å². The molecule has 1 aromatic carbocycles.